The maximum absolute atomic E-state index is 12.4. The molecule has 2 aromatic heterocycles. The van der Waals surface area contributed by atoms with Gasteiger partial charge in [0.2, 0.25) is 0 Å². The molecular weight excluding hydrogens is 344 g/mol. The number of hydrogen-bond acceptors (Lipinski definition) is 5. The number of amides is 2. The number of hydrogen-bond donors (Lipinski definition) is 2. The minimum absolute atomic E-state index is 0.270. The molecule has 1 aromatic carbocycles. The van der Waals surface area contributed by atoms with Gasteiger partial charge in [0.1, 0.15) is 0 Å². The number of para-hydroxylation sites is 1. The minimum atomic E-state index is -0.352. The number of benzene rings is 1. The summed E-state index contributed by atoms with van der Waals surface area (Å²) in [7, 11) is 1.90. The van der Waals surface area contributed by atoms with Gasteiger partial charge in [-0.25, -0.2) is 4.79 Å². The molecule has 1 fully saturated rings. The van der Waals surface area contributed by atoms with Crippen molar-refractivity contribution in [3.05, 3.63) is 53.6 Å². The van der Waals surface area contributed by atoms with Gasteiger partial charge in [-0.3, -0.25) is 4.68 Å². The molecule has 2 heterocycles. The van der Waals surface area contributed by atoms with Gasteiger partial charge >= 0.3 is 6.03 Å². The lowest BCUT2D eigenvalue weighted by molar-refractivity contribution is 0.236. The van der Waals surface area contributed by atoms with Gasteiger partial charge in [0.05, 0.1) is 30.2 Å². The summed E-state index contributed by atoms with van der Waals surface area (Å²) in [5, 5.41) is 22.0. The smallest absolute Gasteiger partial charge is 0.315 e. The first-order valence-electron chi connectivity index (χ1n) is 9.02. The number of tetrazole rings is 1. The lowest BCUT2D eigenvalue weighted by Crippen LogP contribution is -2.38. The topological polar surface area (TPSA) is 103 Å². The Labute approximate surface area is 156 Å². The van der Waals surface area contributed by atoms with Crippen molar-refractivity contribution in [1.29, 1.82) is 0 Å². The van der Waals surface area contributed by atoms with Crippen molar-refractivity contribution in [2.75, 3.05) is 0 Å². The minimum Gasteiger partial charge on any atom is -0.332 e. The molecule has 1 atom stereocenters. The number of nitrogens with one attached hydrogen (secondary N) is 2. The van der Waals surface area contributed by atoms with E-state index in [1.165, 1.54) is 18.4 Å². The number of carbonyl (C=O) groups excluding carboxylic acids is 1. The van der Waals surface area contributed by atoms with E-state index in [9.17, 15) is 4.79 Å². The summed E-state index contributed by atoms with van der Waals surface area (Å²) in [5.74, 6) is 1.16. The SMILES string of the molecule is CC(NC(=O)NCc1c(C2CC2)cnn1C)c1nnnn1-c1ccccc1. The van der Waals surface area contributed by atoms with Gasteiger partial charge in [0.25, 0.3) is 0 Å². The molecule has 0 spiro atoms. The van der Waals surface area contributed by atoms with Crippen LogP contribution in [0.25, 0.3) is 5.69 Å². The number of aryl methyl sites for hydroxylation is 1. The van der Waals surface area contributed by atoms with Crippen molar-refractivity contribution in [2.45, 2.75) is 38.3 Å². The van der Waals surface area contributed by atoms with Crippen LogP contribution in [-0.4, -0.2) is 36.0 Å². The van der Waals surface area contributed by atoms with Crippen LogP contribution in [0.2, 0.25) is 0 Å². The maximum Gasteiger partial charge on any atom is 0.315 e. The Morgan fingerprint density at radius 1 is 1.30 bits per heavy atom. The van der Waals surface area contributed by atoms with Gasteiger partial charge in [0, 0.05) is 7.05 Å². The van der Waals surface area contributed by atoms with Crippen molar-refractivity contribution < 1.29 is 4.79 Å². The monoisotopic (exact) mass is 366 g/mol. The zero-order chi connectivity index (χ0) is 18.8. The molecule has 140 valence electrons. The largest absolute Gasteiger partial charge is 0.332 e. The Kier molecular flexibility index (Phi) is 4.57. The van der Waals surface area contributed by atoms with E-state index in [0.717, 1.165) is 11.4 Å². The fourth-order valence-electron chi connectivity index (χ4n) is 3.13. The van der Waals surface area contributed by atoms with E-state index in [0.29, 0.717) is 18.3 Å². The molecule has 0 aliphatic heterocycles. The Bertz CT molecular complexity index is 928. The van der Waals surface area contributed by atoms with Gasteiger partial charge in [0.15, 0.2) is 5.82 Å². The Balaban J connectivity index is 1.39. The summed E-state index contributed by atoms with van der Waals surface area (Å²) in [6, 6.07) is 8.95. The summed E-state index contributed by atoms with van der Waals surface area (Å²) >= 11 is 0. The van der Waals surface area contributed by atoms with E-state index >= 15 is 0 Å². The molecule has 0 bridgehead atoms. The van der Waals surface area contributed by atoms with Gasteiger partial charge in [-0.05, 0) is 53.8 Å². The predicted octanol–water partition coefficient (Wildman–Crippen LogP) is 1.83. The van der Waals surface area contributed by atoms with Crippen molar-refractivity contribution in [1.82, 2.24) is 40.6 Å². The van der Waals surface area contributed by atoms with Crippen LogP contribution in [0.5, 0.6) is 0 Å². The van der Waals surface area contributed by atoms with Crippen LogP contribution >= 0.6 is 0 Å². The number of carbonyl (C=O) groups is 1. The zero-order valence-corrected chi connectivity index (χ0v) is 15.3. The second-order valence-corrected chi connectivity index (χ2v) is 6.78. The number of rotatable bonds is 6. The van der Waals surface area contributed by atoms with E-state index in [2.05, 4.69) is 31.3 Å². The Morgan fingerprint density at radius 3 is 2.81 bits per heavy atom. The van der Waals surface area contributed by atoms with E-state index < -0.39 is 0 Å². The van der Waals surface area contributed by atoms with E-state index in [4.69, 9.17) is 0 Å². The third-order valence-electron chi connectivity index (χ3n) is 4.76. The predicted molar refractivity (Wildman–Crippen MR) is 98.1 cm³/mol. The average Bonchev–Trinajstić information content (AvgIpc) is 3.27. The molecule has 1 aliphatic carbocycles. The van der Waals surface area contributed by atoms with E-state index in [1.54, 1.807) is 4.68 Å². The molecule has 1 aliphatic rings. The summed E-state index contributed by atoms with van der Waals surface area (Å²) in [6.07, 6.45) is 4.30. The molecule has 3 aromatic rings. The van der Waals surface area contributed by atoms with Crippen LogP contribution in [0, 0.1) is 0 Å². The lowest BCUT2D eigenvalue weighted by Gasteiger charge is -2.15. The number of aromatic nitrogens is 6. The molecule has 0 saturated heterocycles. The summed E-state index contributed by atoms with van der Waals surface area (Å²) in [5.41, 5.74) is 3.13. The van der Waals surface area contributed by atoms with Gasteiger partial charge < -0.3 is 10.6 Å². The van der Waals surface area contributed by atoms with Crippen molar-refractivity contribution >= 4 is 6.03 Å². The standard InChI is InChI=1S/C18H22N8O/c1-12(17-22-23-24-26(17)14-6-4-3-5-7-14)21-18(27)19-11-16-15(13-8-9-13)10-20-25(16)2/h3-7,10,12-13H,8-9,11H2,1-2H3,(H2,19,21,27). The number of nitrogens with zero attached hydrogens (tertiary/aromatic N) is 6. The van der Waals surface area contributed by atoms with Crippen LogP contribution in [0.1, 0.15) is 48.8 Å². The summed E-state index contributed by atoms with van der Waals surface area (Å²) in [6.45, 7) is 2.29. The first-order valence-corrected chi connectivity index (χ1v) is 9.02. The van der Waals surface area contributed by atoms with E-state index in [1.807, 2.05) is 55.2 Å². The van der Waals surface area contributed by atoms with Crippen LogP contribution < -0.4 is 10.6 Å². The third kappa shape index (κ3) is 3.67. The molecule has 2 amide bonds. The highest BCUT2D eigenvalue weighted by atomic mass is 16.2. The maximum atomic E-state index is 12.4. The van der Waals surface area contributed by atoms with E-state index in [-0.39, 0.29) is 12.1 Å². The Morgan fingerprint density at radius 2 is 2.07 bits per heavy atom. The van der Waals surface area contributed by atoms with Crippen LogP contribution in [-0.2, 0) is 13.6 Å². The molecule has 2 N–H and O–H groups in total. The molecule has 1 saturated carbocycles. The summed E-state index contributed by atoms with van der Waals surface area (Å²) in [4.78, 5) is 12.4. The molecular formula is C18H22N8O. The first kappa shape index (κ1) is 17.2. The average molecular weight is 366 g/mol. The van der Waals surface area contributed by atoms with Gasteiger partial charge in [-0.2, -0.15) is 9.78 Å². The highest BCUT2D eigenvalue weighted by molar-refractivity contribution is 5.74. The fourth-order valence-corrected chi connectivity index (χ4v) is 3.13. The summed E-state index contributed by atoms with van der Waals surface area (Å²) < 4.78 is 3.45. The molecule has 1 unspecified atom stereocenters. The lowest BCUT2D eigenvalue weighted by atomic mass is 10.1. The second-order valence-electron chi connectivity index (χ2n) is 6.78. The molecule has 9 heteroatoms. The first-order chi connectivity index (χ1) is 13.1. The van der Waals surface area contributed by atoms with Crippen molar-refractivity contribution in [2.24, 2.45) is 7.05 Å². The highest BCUT2D eigenvalue weighted by Crippen LogP contribution is 2.41. The third-order valence-corrected chi connectivity index (χ3v) is 4.76. The Hall–Kier alpha value is -3.23. The quantitative estimate of drug-likeness (QED) is 0.693. The van der Waals surface area contributed by atoms with Crippen molar-refractivity contribution in [3.8, 4) is 5.69 Å². The van der Waals surface area contributed by atoms with Gasteiger partial charge in [-0.1, -0.05) is 18.2 Å². The fraction of sp³-hybridized carbons (Fsp3) is 0.389. The van der Waals surface area contributed by atoms with Gasteiger partial charge in [-0.15, -0.1) is 5.10 Å². The normalized spacial score (nSPS) is 14.7. The van der Waals surface area contributed by atoms with Crippen LogP contribution in [0.15, 0.2) is 36.5 Å². The molecule has 27 heavy (non-hydrogen) atoms. The van der Waals surface area contributed by atoms with Crippen LogP contribution in [0.3, 0.4) is 0 Å². The molecule has 0 radical (unpaired) electrons. The second kappa shape index (κ2) is 7.18. The molecule has 4 rings (SSSR count). The highest BCUT2D eigenvalue weighted by Gasteiger charge is 2.28. The van der Waals surface area contributed by atoms with Crippen molar-refractivity contribution in [3.63, 3.8) is 0 Å². The number of urea groups is 1. The van der Waals surface area contributed by atoms with Crippen LogP contribution in [0.4, 0.5) is 4.79 Å². The zero-order valence-electron chi connectivity index (χ0n) is 15.3. The molecule has 9 nitrogen and oxygen atoms in total.